The highest BCUT2D eigenvalue weighted by molar-refractivity contribution is 7.90. The lowest BCUT2D eigenvalue weighted by Gasteiger charge is -2.28. The number of sulfonamides is 1. The maximum absolute atomic E-state index is 12.9. The molecular formula is C16H14Cl2F3N4O3S+. The van der Waals surface area contributed by atoms with Crippen molar-refractivity contribution < 1.29 is 31.3 Å². The van der Waals surface area contributed by atoms with Gasteiger partial charge in [-0.15, -0.1) is 13.2 Å². The zero-order valence-corrected chi connectivity index (χ0v) is 17.0. The molecule has 3 rings (SSSR count). The van der Waals surface area contributed by atoms with Crippen molar-refractivity contribution in [2.75, 3.05) is 6.67 Å². The number of rotatable bonds is 4. The van der Waals surface area contributed by atoms with Crippen LogP contribution in [0, 0.1) is 0 Å². The third kappa shape index (κ3) is 4.42. The first-order chi connectivity index (χ1) is 13.4. The average Bonchev–Trinajstić information content (AvgIpc) is 3.06. The van der Waals surface area contributed by atoms with Crippen molar-refractivity contribution >= 4 is 45.0 Å². The molecule has 2 aliphatic heterocycles. The van der Waals surface area contributed by atoms with Crippen LogP contribution in [0.2, 0.25) is 5.02 Å². The molecule has 2 heterocycles. The summed E-state index contributed by atoms with van der Waals surface area (Å²) in [7, 11) is -4.33. The molecule has 29 heavy (non-hydrogen) atoms. The smallest absolute Gasteiger partial charge is 0.266 e. The van der Waals surface area contributed by atoms with Gasteiger partial charge < -0.3 is 0 Å². The number of nitrogens with one attached hydrogen (secondary N) is 2. The number of hydrogen-bond acceptors (Lipinski definition) is 5. The van der Waals surface area contributed by atoms with E-state index in [0.717, 1.165) is 6.20 Å². The Kier molecular flexibility index (Phi) is 5.69. The van der Waals surface area contributed by atoms with E-state index in [1.807, 2.05) is 11.6 Å². The van der Waals surface area contributed by atoms with Crippen LogP contribution < -0.4 is 9.62 Å². The van der Waals surface area contributed by atoms with Gasteiger partial charge in [0.05, 0.1) is 5.02 Å². The molecule has 0 bridgehead atoms. The molecule has 7 nitrogen and oxygen atoms in total. The van der Waals surface area contributed by atoms with Crippen molar-refractivity contribution in [3.05, 3.63) is 51.9 Å². The standard InChI is InChI=1S/C16H13Cl2F3N4O3S/c1-2-9-3-4-10(17)13(5-9)29(27,28)23-15(26)12-7-24-8-25(16(19,20)21)6-11(18)14(24)22-12/h3-7H,2,8H2,1H3,(H,23,26)/p+1. The lowest BCUT2D eigenvalue weighted by Crippen LogP contribution is -3.12. The molecule has 0 spiro atoms. The molecule has 1 aromatic carbocycles. The second-order valence-electron chi connectivity index (χ2n) is 6.14. The number of halogens is 5. The Balaban J connectivity index is 1.84. The first-order valence-electron chi connectivity index (χ1n) is 8.15. The van der Waals surface area contributed by atoms with Crippen LogP contribution in [0.3, 0.4) is 0 Å². The fourth-order valence-corrected chi connectivity index (χ4v) is 4.49. The summed E-state index contributed by atoms with van der Waals surface area (Å²) >= 11 is 11.8. The highest BCUT2D eigenvalue weighted by Gasteiger charge is 2.44. The summed E-state index contributed by atoms with van der Waals surface area (Å²) in [4.78, 5) is 16.1. The minimum atomic E-state index is -4.66. The van der Waals surface area contributed by atoms with Gasteiger partial charge >= 0.3 is 6.30 Å². The third-order valence-electron chi connectivity index (χ3n) is 4.16. The van der Waals surface area contributed by atoms with Crippen molar-refractivity contribution in [1.29, 1.82) is 0 Å². The van der Waals surface area contributed by atoms with Crippen LogP contribution in [0.1, 0.15) is 12.5 Å². The van der Waals surface area contributed by atoms with Gasteiger partial charge in [0.2, 0.25) is 0 Å². The number of amides is 1. The highest BCUT2D eigenvalue weighted by atomic mass is 35.5. The van der Waals surface area contributed by atoms with E-state index in [0.29, 0.717) is 18.2 Å². The molecule has 2 aliphatic rings. The topological polar surface area (TPSA) is 83.3 Å². The molecule has 1 aromatic rings. The average molecular weight is 470 g/mol. The Hall–Kier alpha value is -2.08. The molecule has 1 amide bonds. The lowest BCUT2D eigenvalue weighted by atomic mass is 10.2. The minimum Gasteiger partial charge on any atom is -0.266 e. The number of quaternary nitrogens is 1. The zero-order chi connectivity index (χ0) is 21.6. The maximum atomic E-state index is 12.9. The molecular weight excluding hydrogens is 456 g/mol. The van der Waals surface area contributed by atoms with Gasteiger partial charge in [-0.3, -0.25) is 4.79 Å². The number of fused-ring (bicyclic) bond motifs is 1. The van der Waals surface area contributed by atoms with Gasteiger partial charge in [0, 0.05) is 6.20 Å². The Labute approximate surface area is 174 Å². The van der Waals surface area contributed by atoms with E-state index in [4.69, 9.17) is 23.2 Å². The number of benzene rings is 1. The SMILES string of the molecule is CCc1ccc(Cl)c(S(=O)(=O)NC(=O)C2=C[NH+]3CN(C(F)(F)F)C=C(Cl)C3=N2)c1. The van der Waals surface area contributed by atoms with Gasteiger partial charge in [0.1, 0.15) is 16.1 Å². The van der Waals surface area contributed by atoms with Gasteiger partial charge in [-0.2, -0.15) is 4.99 Å². The number of aryl methyl sites for hydroxylation is 1. The van der Waals surface area contributed by atoms with E-state index >= 15 is 0 Å². The summed E-state index contributed by atoms with van der Waals surface area (Å²) in [6.07, 6.45) is -2.39. The molecule has 0 fully saturated rings. The summed E-state index contributed by atoms with van der Waals surface area (Å²) in [6, 6.07) is 4.38. The van der Waals surface area contributed by atoms with E-state index in [1.165, 1.54) is 12.1 Å². The summed E-state index contributed by atoms with van der Waals surface area (Å²) in [5.41, 5.74) is 0.310. The van der Waals surface area contributed by atoms with Crippen molar-refractivity contribution in [2.24, 2.45) is 4.99 Å². The Morgan fingerprint density at radius 2 is 2.03 bits per heavy atom. The minimum absolute atomic E-state index is 0.0132. The number of hydrogen-bond donors (Lipinski definition) is 2. The van der Waals surface area contributed by atoms with Crippen LogP contribution in [-0.4, -0.2) is 38.0 Å². The molecule has 156 valence electrons. The van der Waals surface area contributed by atoms with E-state index in [2.05, 4.69) is 4.99 Å². The second kappa shape index (κ2) is 7.63. The van der Waals surface area contributed by atoms with Crippen molar-refractivity contribution in [3.63, 3.8) is 0 Å². The van der Waals surface area contributed by atoms with Gasteiger partial charge in [0.15, 0.2) is 12.4 Å². The van der Waals surface area contributed by atoms with Crippen LogP contribution in [0.25, 0.3) is 0 Å². The predicted octanol–water partition coefficient (Wildman–Crippen LogP) is 1.72. The summed E-state index contributed by atoms with van der Waals surface area (Å²) < 4.78 is 65.7. The molecule has 1 atom stereocenters. The zero-order valence-electron chi connectivity index (χ0n) is 14.7. The molecule has 0 aliphatic carbocycles. The van der Waals surface area contributed by atoms with Gasteiger partial charge in [-0.25, -0.2) is 22.9 Å². The van der Waals surface area contributed by atoms with E-state index in [1.54, 1.807) is 6.07 Å². The number of aliphatic imine (C=N–C) groups is 1. The lowest BCUT2D eigenvalue weighted by molar-refractivity contribution is -0.763. The number of carbonyl (C=O) groups is 1. The molecule has 0 saturated carbocycles. The van der Waals surface area contributed by atoms with Crippen LogP contribution in [0.4, 0.5) is 13.2 Å². The Bertz CT molecular complexity index is 1070. The quantitative estimate of drug-likeness (QED) is 0.657. The fraction of sp³-hybridized carbons (Fsp3) is 0.250. The van der Waals surface area contributed by atoms with Gasteiger partial charge in [0.25, 0.3) is 21.8 Å². The van der Waals surface area contributed by atoms with Crippen LogP contribution >= 0.6 is 23.2 Å². The largest absolute Gasteiger partial charge is 0.488 e. The first-order valence-corrected chi connectivity index (χ1v) is 10.4. The first kappa shape index (κ1) is 21.6. The predicted molar refractivity (Wildman–Crippen MR) is 99.3 cm³/mol. The van der Waals surface area contributed by atoms with Crippen LogP contribution in [0.15, 0.2) is 51.2 Å². The van der Waals surface area contributed by atoms with E-state index in [-0.39, 0.29) is 36.3 Å². The molecule has 0 aromatic heterocycles. The number of alkyl halides is 3. The normalized spacial score (nSPS) is 19.3. The van der Waals surface area contributed by atoms with E-state index < -0.39 is 28.9 Å². The maximum Gasteiger partial charge on any atom is 0.488 e. The van der Waals surface area contributed by atoms with Gasteiger partial charge in [-0.1, -0.05) is 36.2 Å². The van der Waals surface area contributed by atoms with Crippen LogP contribution in [0.5, 0.6) is 0 Å². The van der Waals surface area contributed by atoms with Crippen molar-refractivity contribution in [1.82, 2.24) is 9.62 Å². The monoisotopic (exact) mass is 469 g/mol. The number of amidine groups is 1. The summed E-state index contributed by atoms with van der Waals surface area (Å²) in [6.45, 7) is 1.21. The van der Waals surface area contributed by atoms with Crippen molar-refractivity contribution in [3.8, 4) is 0 Å². The van der Waals surface area contributed by atoms with E-state index in [9.17, 15) is 26.4 Å². The third-order valence-corrected chi connectivity index (χ3v) is 6.25. The molecule has 2 N–H and O–H groups in total. The van der Waals surface area contributed by atoms with Crippen LogP contribution in [-0.2, 0) is 21.2 Å². The Morgan fingerprint density at radius 1 is 1.34 bits per heavy atom. The summed E-state index contributed by atoms with van der Waals surface area (Å²) in [5, 5.41) is -0.395. The highest BCUT2D eigenvalue weighted by Crippen LogP contribution is 2.25. The number of carbonyl (C=O) groups excluding carboxylic acids is 1. The summed E-state index contributed by atoms with van der Waals surface area (Å²) in [5.74, 6) is -1.12. The Morgan fingerprint density at radius 3 is 2.66 bits per heavy atom. The fourth-order valence-electron chi connectivity index (χ4n) is 2.69. The molecule has 0 saturated heterocycles. The number of nitrogens with zero attached hydrogens (tertiary/aromatic N) is 2. The van der Waals surface area contributed by atoms with Crippen molar-refractivity contribution in [2.45, 2.75) is 24.5 Å². The molecule has 13 heteroatoms. The second-order valence-corrected chi connectivity index (χ2v) is 8.61. The van der Waals surface area contributed by atoms with Gasteiger partial charge in [-0.05, 0) is 24.1 Å². The molecule has 1 unspecified atom stereocenters. The molecule has 0 radical (unpaired) electrons.